The third kappa shape index (κ3) is 4.26. The van der Waals surface area contributed by atoms with Crippen LogP contribution in [0.1, 0.15) is 44.1 Å². The van der Waals surface area contributed by atoms with E-state index in [0.29, 0.717) is 12.0 Å². The van der Waals surface area contributed by atoms with E-state index in [4.69, 9.17) is 9.47 Å². The number of nitrogens with one attached hydrogen (secondary N) is 1. The minimum atomic E-state index is -0.116. The van der Waals surface area contributed by atoms with Gasteiger partial charge in [0.05, 0.1) is 11.3 Å². The van der Waals surface area contributed by atoms with Gasteiger partial charge in [0.2, 0.25) is 0 Å². The highest BCUT2D eigenvalue weighted by Gasteiger charge is 2.27. The first-order chi connectivity index (χ1) is 12.2. The lowest BCUT2D eigenvalue weighted by atomic mass is 9.95. The number of benzene rings is 1. The third-order valence-corrected chi connectivity index (χ3v) is 5.59. The number of methoxy groups -OCH3 is 2. The standard InChI is InChI=1S/C20H29N3O2/c1-24-20(25-2)15-9-11-23(12-10-15)18-7-8-19(16(13-18)14-21)22-17-5-3-4-6-17/h7-8,13,15,17,20,22H,3-6,9-12H2,1-2H3. The van der Waals surface area contributed by atoms with Crippen molar-refractivity contribution in [2.45, 2.75) is 50.9 Å². The first-order valence-corrected chi connectivity index (χ1v) is 9.36. The van der Waals surface area contributed by atoms with E-state index in [1.165, 1.54) is 25.7 Å². The number of nitriles is 1. The summed E-state index contributed by atoms with van der Waals surface area (Å²) < 4.78 is 10.8. The van der Waals surface area contributed by atoms with Crippen LogP contribution in [0.15, 0.2) is 18.2 Å². The molecular formula is C20H29N3O2. The molecule has 2 fully saturated rings. The van der Waals surface area contributed by atoms with E-state index < -0.39 is 0 Å². The van der Waals surface area contributed by atoms with Gasteiger partial charge in [0.1, 0.15) is 6.07 Å². The van der Waals surface area contributed by atoms with Crippen LogP contribution in [0.5, 0.6) is 0 Å². The van der Waals surface area contributed by atoms with E-state index in [-0.39, 0.29) is 6.29 Å². The Hall–Kier alpha value is -1.77. The first kappa shape index (κ1) is 18.0. The van der Waals surface area contributed by atoms with Gasteiger partial charge in [-0.3, -0.25) is 0 Å². The van der Waals surface area contributed by atoms with Gasteiger partial charge in [-0.2, -0.15) is 5.26 Å². The number of ether oxygens (including phenoxy) is 2. The molecule has 5 heteroatoms. The number of hydrogen-bond donors (Lipinski definition) is 1. The van der Waals surface area contributed by atoms with Gasteiger partial charge in [-0.05, 0) is 43.9 Å². The summed E-state index contributed by atoms with van der Waals surface area (Å²) in [7, 11) is 3.41. The molecule has 1 N–H and O–H groups in total. The van der Waals surface area contributed by atoms with Gasteiger partial charge in [-0.25, -0.2) is 0 Å². The van der Waals surface area contributed by atoms with Crippen LogP contribution >= 0.6 is 0 Å². The minimum absolute atomic E-state index is 0.116. The van der Waals surface area contributed by atoms with Crippen LogP contribution in [0.3, 0.4) is 0 Å². The van der Waals surface area contributed by atoms with Crippen LogP contribution in [0.4, 0.5) is 11.4 Å². The maximum absolute atomic E-state index is 9.55. The Morgan fingerprint density at radius 1 is 1.12 bits per heavy atom. The molecule has 0 amide bonds. The molecule has 0 aromatic heterocycles. The van der Waals surface area contributed by atoms with E-state index in [9.17, 15) is 5.26 Å². The zero-order chi connectivity index (χ0) is 17.6. The zero-order valence-corrected chi connectivity index (χ0v) is 15.3. The molecule has 136 valence electrons. The minimum Gasteiger partial charge on any atom is -0.381 e. The Balaban J connectivity index is 1.64. The van der Waals surface area contributed by atoms with Gasteiger partial charge in [-0.1, -0.05) is 12.8 Å². The third-order valence-electron chi connectivity index (χ3n) is 5.59. The molecule has 1 saturated heterocycles. The maximum atomic E-state index is 9.55. The SMILES string of the molecule is COC(OC)C1CCN(c2ccc(NC3CCCC3)c(C#N)c2)CC1. The molecule has 0 spiro atoms. The predicted octanol–water partition coefficient (Wildman–Crippen LogP) is 3.75. The Morgan fingerprint density at radius 3 is 2.40 bits per heavy atom. The molecule has 3 rings (SSSR count). The van der Waals surface area contributed by atoms with Crippen LogP contribution in [-0.4, -0.2) is 39.6 Å². The van der Waals surface area contributed by atoms with E-state index in [1.54, 1.807) is 14.2 Å². The van der Waals surface area contributed by atoms with Crippen molar-refractivity contribution in [1.29, 1.82) is 5.26 Å². The van der Waals surface area contributed by atoms with E-state index >= 15 is 0 Å². The van der Waals surface area contributed by atoms with Crippen LogP contribution in [0.2, 0.25) is 0 Å². The molecule has 0 unspecified atom stereocenters. The first-order valence-electron chi connectivity index (χ1n) is 9.36. The van der Waals surface area contributed by atoms with Crippen molar-refractivity contribution < 1.29 is 9.47 Å². The van der Waals surface area contributed by atoms with Crippen molar-refractivity contribution in [3.05, 3.63) is 23.8 Å². The second-order valence-corrected chi connectivity index (χ2v) is 7.13. The van der Waals surface area contributed by atoms with Crippen molar-refractivity contribution in [3.8, 4) is 6.07 Å². The fourth-order valence-corrected chi connectivity index (χ4v) is 4.15. The summed E-state index contributed by atoms with van der Waals surface area (Å²) in [5.74, 6) is 0.435. The molecule has 0 radical (unpaired) electrons. The summed E-state index contributed by atoms with van der Waals surface area (Å²) in [6.45, 7) is 1.93. The summed E-state index contributed by atoms with van der Waals surface area (Å²) in [5.41, 5.74) is 2.86. The summed E-state index contributed by atoms with van der Waals surface area (Å²) in [5, 5.41) is 13.1. The lowest BCUT2D eigenvalue weighted by molar-refractivity contribution is -0.141. The molecule has 25 heavy (non-hydrogen) atoms. The van der Waals surface area contributed by atoms with Crippen molar-refractivity contribution in [1.82, 2.24) is 0 Å². The summed E-state index contributed by atoms with van der Waals surface area (Å²) in [6, 6.07) is 9.13. The average Bonchev–Trinajstić information content (AvgIpc) is 3.17. The number of anilines is 2. The lowest BCUT2D eigenvalue weighted by Gasteiger charge is -2.36. The van der Waals surface area contributed by atoms with Crippen molar-refractivity contribution >= 4 is 11.4 Å². The Bertz CT molecular complexity index is 595. The maximum Gasteiger partial charge on any atom is 0.159 e. The van der Waals surface area contributed by atoms with Crippen LogP contribution in [-0.2, 0) is 9.47 Å². The van der Waals surface area contributed by atoms with E-state index in [1.807, 2.05) is 6.07 Å². The molecule has 0 bridgehead atoms. The van der Waals surface area contributed by atoms with Gasteiger partial charge in [0, 0.05) is 45.0 Å². The largest absolute Gasteiger partial charge is 0.381 e. The molecule has 5 nitrogen and oxygen atoms in total. The summed E-state index contributed by atoms with van der Waals surface area (Å²) in [4.78, 5) is 2.36. The summed E-state index contributed by atoms with van der Waals surface area (Å²) in [6.07, 6.45) is 6.95. The van der Waals surface area contributed by atoms with Gasteiger partial charge in [0.25, 0.3) is 0 Å². The molecule has 1 aliphatic heterocycles. The van der Waals surface area contributed by atoms with Crippen LogP contribution < -0.4 is 10.2 Å². The highest BCUT2D eigenvalue weighted by molar-refractivity contribution is 5.65. The quantitative estimate of drug-likeness (QED) is 0.797. The highest BCUT2D eigenvalue weighted by atomic mass is 16.7. The number of piperidine rings is 1. The fourth-order valence-electron chi connectivity index (χ4n) is 4.15. The van der Waals surface area contributed by atoms with Gasteiger partial charge in [0.15, 0.2) is 6.29 Å². The van der Waals surface area contributed by atoms with Gasteiger partial charge < -0.3 is 19.7 Å². The Morgan fingerprint density at radius 2 is 1.80 bits per heavy atom. The molecule has 1 saturated carbocycles. The van der Waals surface area contributed by atoms with E-state index in [2.05, 4.69) is 28.4 Å². The predicted molar refractivity (Wildman–Crippen MR) is 99.8 cm³/mol. The van der Waals surface area contributed by atoms with E-state index in [0.717, 1.165) is 42.9 Å². The average molecular weight is 343 g/mol. The summed E-state index contributed by atoms with van der Waals surface area (Å²) >= 11 is 0. The van der Waals surface area contributed by atoms with Gasteiger partial charge >= 0.3 is 0 Å². The molecular weight excluding hydrogens is 314 g/mol. The van der Waals surface area contributed by atoms with Crippen LogP contribution in [0.25, 0.3) is 0 Å². The molecule has 1 heterocycles. The van der Waals surface area contributed by atoms with Crippen molar-refractivity contribution in [2.24, 2.45) is 5.92 Å². The second kappa shape index (κ2) is 8.55. The topological polar surface area (TPSA) is 57.5 Å². The molecule has 0 atom stereocenters. The monoisotopic (exact) mass is 343 g/mol. The van der Waals surface area contributed by atoms with Crippen molar-refractivity contribution in [2.75, 3.05) is 37.5 Å². The number of hydrogen-bond acceptors (Lipinski definition) is 5. The number of nitrogens with zero attached hydrogens (tertiary/aromatic N) is 2. The van der Waals surface area contributed by atoms with Crippen molar-refractivity contribution in [3.63, 3.8) is 0 Å². The fraction of sp³-hybridized carbons (Fsp3) is 0.650. The number of rotatable bonds is 6. The van der Waals surface area contributed by atoms with Gasteiger partial charge in [-0.15, -0.1) is 0 Å². The molecule has 1 aliphatic carbocycles. The van der Waals surface area contributed by atoms with Crippen LogP contribution in [0, 0.1) is 17.2 Å². The smallest absolute Gasteiger partial charge is 0.159 e. The molecule has 1 aromatic carbocycles. The second-order valence-electron chi connectivity index (χ2n) is 7.13. The highest BCUT2D eigenvalue weighted by Crippen LogP contribution is 2.30. The molecule has 1 aromatic rings. The Kier molecular flexibility index (Phi) is 6.17. The zero-order valence-electron chi connectivity index (χ0n) is 15.3. The lowest BCUT2D eigenvalue weighted by Crippen LogP contribution is -2.39. The normalized spacial score (nSPS) is 19.4. The Labute approximate surface area is 150 Å². The molecule has 2 aliphatic rings.